The van der Waals surface area contributed by atoms with Crippen LogP contribution in [0.5, 0.6) is 0 Å². The lowest BCUT2D eigenvalue weighted by molar-refractivity contribution is 0.622. The number of rotatable bonds is 1. The topological polar surface area (TPSA) is 38.9 Å². The second-order valence-electron chi connectivity index (χ2n) is 3.24. The van der Waals surface area contributed by atoms with Gasteiger partial charge in [0.25, 0.3) is 0 Å². The minimum absolute atomic E-state index is 0.236. The number of nitrogen functional groups attached to an aromatic ring is 1. The maximum Gasteiger partial charge on any atom is 0.142 e. The summed E-state index contributed by atoms with van der Waals surface area (Å²) in [6.45, 7) is 0. The van der Waals surface area contributed by atoms with Crippen molar-refractivity contribution >= 4 is 29.0 Å². The molecule has 82 valence electrons. The summed E-state index contributed by atoms with van der Waals surface area (Å²) < 4.78 is 13.0. The van der Waals surface area contributed by atoms with Gasteiger partial charge in [0.15, 0.2) is 0 Å². The SMILES string of the molecule is Nc1ncc(F)cc1-c1cc(Cl)cc(Cl)c1. The summed E-state index contributed by atoms with van der Waals surface area (Å²) in [5.41, 5.74) is 6.77. The van der Waals surface area contributed by atoms with E-state index >= 15 is 0 Å². The highest BCUT2D eigenvalue weighted by molar-refractivity contribution is 6.35. The summed E-state index contributed by atoms with van der Waals surface area (Å²) in [5, 5.41) is 0.928. The third kappa shape index (κ3) is 2.26. The van der Waals surface area contributed by atoms with E-state index < -0.39 is 5.82 Å². The summed E-state index contributed by atoms with van der Waals surface area (Å²) in [4.78, 5) is 3.73. The molecule has 0 aliphatic carbocycles. The van der Waals surface area contributed by atoms with Gasteiger partial charge in [0.05, 0.1) is 6.20 Å². The first kappa shape index (κ1) is 11.2. The number of nitrogens with zero attached hydrogens (tertiary/aromatic N) is 1. The van der Waals surface area contributed by atoms with Gasteiger partial charge in [0.2, 0.25) is 0 Å². The van der Waals surface area contributed by atoms with Crippen LogP contribution in [0.2, 0.25) is 10.0 Å². The Morgan fingerprint density at radius 3 is 2.31 bits per heavy atom. The lowest BCUT2D eigenvalue weighted by Gasteiger charge is -2.06. The zero-order valence-electron chi connectivity index (χ0n) is 8.05. The Morgan fingerprint density at radius 2 is 1.69 bits per heavy atom. The lowest BCUT2D eigenvalue weighted by atomic mass is 10.1. The van der Waals surface area contributed by atoms with Crippen LogP contribution in [-0.2, 0) is 0 Å². The quantitative estimate of drug-likeness (QED) is 0.844. The first-order valence-corrected chi connectivity index (χ1v) is 5.19. The molecule has 0 amide bonds. The van der Waals surface area contributed by atoms with Crippen molar-refractivity contribution in [1.29, 1.82) is 0 Å². The molecule has 0 unspecified atom stereocenters. The predicted molar refractivity (Wildman–Crippen MR) is 64.1 cm³/mol. The number of hydrogen-bond acceptors (Lipinski definition) is 2. The van der Waals surface area contributed by atoms with Crippen LogP contribution in [0.15, 0.2) is 30.5 Å². The van der Waals surface area contributed by atoms with Crippen LogP contribution in [-0.4, -0.2) is 4.98 Å². The van der Waals surface area contributed by atoms with E-state index in [1.54, 1.807) is 18.2 Å². The predicted octanol–water partition coefficient (Wildman–Crippen LogP) is 3.78. The number of benzene rings is 1. The molecule has 0 atom stereocenters. The van der Waals surface area contributed by atoms with Crippen molar-refractivity contribution in [3.8, 4) is 11.1 Å². The van der Waals surface area contributed by atoms with Gasteiger partial charge in [-0.2, -0.15) is 0 Å². The molecule has 1 aromatic heterocycles. The van der Waals surface area contributed by atoms with Crippen LogP contribution in [0, 0.1) is 5.82 Å². The molecular weight excluding hydrogens is 250 g/mol. The fourth-order valence-corrected chi connectivity index (χ4v) is 1.92. The highest BCUT2D eigenvalue weighted by Crippen LogP contribution is 2.30. The molecule has 0 spiro atoms. The Hall–Kier alpha value is -1.32. The Morgan fingerprint density at radius 1 is 1.06 bits per heavy atom. The summed E-state index contributed by atoms with van der Waals surface area (Å²) in [6, 6.07) is 6.19. The molecule has 2 rings (SSSR count). The number of halogens is 3. The third-order valence-corrected chi connectivity index (χ3v) is 2.50. The number of pyridine rings is 1. The lowest BCUT2D eigenvalue weighted by Crippen LogP contribution is -1.95. The van der Waals surface area contributed by atoms with Gasteiger partial charge >= 0.3 is 0 Å². The van der Waals surface area contributed by atoms with Crippen molar-refractivity contribution < 1.29 is 4.39 Å². The maximum absolute atomic E-state index is 13.0. The fourth-order valence-electron chi connectivity index (χ4n) is 1.39. The van der Waals surface area contributed by atoms with Crippen molar-refractivity contribution in [2.75, 3.05) is 5.73 Å². The van der Waals surface area contributed by atoms with Gasteiger partial charge in [0.1, 0.15) is 11.6 Å². The molecule has 2 aromatic rings. The van der Waals surface area contributed by atoms with Gasteiger partial charge in [0, 0.05) is 15.6 Å². The Kier molecular flexibility index (Phi) is 2.99. The summed E-state index contributed by atoms with van der Waals surface area (Å²) in [5.74, 6) is -0.222. The maximum atomic E-state index is 13.0. The molecule has 0 saturated heterocycles. The zero-order chi connectivity index (χ0) is 11.7. The van der Waals surface area contributed by atoms with Gasteiger partial charge in [-0.3, -0.25) is 0 Å². The first-order valence-electron chi connectivity index (χ1n) is 4.44. The van der Waals surface area contributed by atoms with Crippen LogP contribution >= 0.6 is 23.2 Å². The van der Waals surface area contributed by atoms with Gasteiger partial charge in [-0.15, -0.1) is 0 Å². The second kappa shape index (κ2) is 4.28. The highest BCUT2D eigenvalue weighted by Gasteiger charge is 2.07. The number of aromatic nitrogens is 1. The number of anilines is 1. The van der Waals surface area contributed by atoms with Gasteiger partial charge in [-0.1, -0.05) is 23.2 Å². The second-order valence-corrected chi connectivity index (χ2v) is 4.12. The van der Waals surface area contributed by atoms with Gasteiger partial charge in [-0.25, -0.2) is 9.37 Å². The van der Waals surface area contributed by atoms with Crippen LogP contribution in [0.25, 0.3) is 11.1 Å². The smallest absolute Gasteiger partial charge is 0.142 e. The molecule has 1 heterocycles. The van der Waals surface area contributed by atoms with E-state index in [1.165, 1.54) is 6.07 Å². The average molecular weight is 257 g/mol. The Labute approximate surface area is 102 Å². The molecule has 0 radical (unpaired) electrons. The van der Waals surface area contributed by atoms with E-state index in [4.69, 9.17) is 28.9 Å². The van der Waals surface area contributed by atoms with Crippen LogP contribution in [0.1, 0.15) is 0 Å². The zero-order valence-corrected chi connectivity index (χ0v) is 9.56. The molecular formula is C11H7Cl2FN2. The fraction of sp³-hybridized carbons (Fsp3) is 0. The average Bonchev–Trinajstić information content (AvgIpc) is 2.20. The standard InChI is InChI=1S/C11H7Cl2FN2/c12-7-1-6(2-8(13)3-7)10-4-9(14)5-16-11(10)15/h1-5H,(H2,15,16). The third-order valence-electron chi connectivity index (χ3n) is 2.06. The van der Waals surface area contributed by atoms with E-state index in [1.807, 2.05) is 0 Å². The van der Waals surface area contributed by atoms with Crippen molar-refractivity contribution in [1.82, 2.24) is 4.98 Å². The normalized spacial score (nSPS) is 10.4. The molecule has 2 N–H and O–H groups in total. The molecule has 1 aromatic carbocycles. The van der Waals surface area contributed by atoms with E-state index in [2.05, 4.69) is 4.98 Å². The monoisotopic (exact) mass is 256 g/mol. The van der Waals surface area contributed by atoms with E-state index in [0.29, 0.717) is 21.2 Å². The Balaban J connectivity index is 2.62. The summed E-state index contributed by atoms with van der Waals surface area (Å²) in [6.07, 6.45) is 1.06. The highest BCUT2D eigenvalue weighted by atomic mass is 35.5. The molecule has 5 heteroatoms. The van der Waals surface area contributed by atoms with Crippen LogP contribution in [0.4, 0.5) is 10.2 Å². The van der Waals surface area contributed by atoms with E-state index in [0.717, 1.165) is 6.20 Å². The van der Waals surface area contributed by atoms with Crippen molar-refractivity contribution in [2.24, 2.45) is 0 Å². The van der Waals surface area contributed by atoms with Crippen LogP contribution < -0.4 is 5.73 Å². The first-order chi connectivity index (χ1) is 7.56. The molecule has 0 aliphatic rings. The van der Waals surface area contributed by atoms with Crippen molar-refractivity contribution in [3.63, 3.8) is 0 Å². The van der Waals surface area contributed by atoms with Crippen LogP contribution in [0.3, 0.4) is 0 Å². The number of hydrogen-bond donors (Lipinski definition) is 1. The molecule has 16 heavy (non-hydrogen) atoms. The molecule has 0 aliphatic heterocycles. The summed E-state index contributed by atoms with van der Waals surface area (Å²) >= 11 is 11.7. The Bertz CT molecular complexity index is 523. The largest absolute Gasteiger partial charge is 0.383 e. The van der Waals surface area contributed by atoms with Crippen molar-refractivity contribution in [3.05, 3.63) is 46.3 Å². The molecule has 0 fully saturated rings. The van der Waals surface area contributed by atoms with E-state index in [-0.39, 0.29) is 5.82 Å². The van der Waals surface area contributed by atoms with Crippen molar-refractivity contribution in [2.45, 2.75) is 0 Å². The minimum atomic E-state index is -0.458. The van der Waals surface area contributed by atoms with Gasteiger partial charge < -0.3 is 5.73 Å². The molecule has 0 bridgehead atoms. The summed E-state index contributed by atoms with van der Waals surface area (Å²) in [7, 11) is 0. The van der Waals surface area contributed by atoms with E-state index in [9.17, 15) is 4.39 Å². The molecule has 2 nitrogen and oxygen atoms in total. The minimum Gasteiger partial charge on any atom is -0.383 e. The number of nitrogens with two attached hydrogens (primary N) is 1. The van der Waals surface area contributed by atoms with Gasteiger partial charge in [-0.05, 0) is 29.8 Å². The molecule has 0 saturated carbocycles.